The number of hydrogen-bond donors (Lipinski definition) is 0. The van der Waals surface area contributed by atoms with Crippen LogP contribution in [0.3, 0.4) is 0 Å². The lowest BCUT2D eigenvalue weighted by Gasteiger charge is -2.23. The highest BCUT2D eigenvalue weighted by atomic mass is 35.5. The molecule has 0 bridgehead atoms. The first-order valence-electron chi connectivity index (χ1n) is 11.3. The summed E-state index contributed by atoms with van der Waals surface area (Å²) in [5, 5.41) is 0.285. The van der Waals surface area contributed by atoms with Crippen LogP contribution < -0.4 is 5.56 Å². The highest BCUT2D eigenvalue weighted by Gasteiger charge is 2.29. The second kappa shape index (κ2) is 10.4. The molecule has 5 nitrogen and oxygen atoms in total. The number of pyridine rings is 1. The molecule has 1 aliphatic carbocycles. The summed E-state index contributed by atoms with van der Waals surface area (Å²) in [5.41, 5.74) is 4.90. The molecule has 4 rings (SSSR count). The van der Waals surface area contributed by atoms with Crippen molar-refractivity contribution < 1.29 is 9.53 Å². The summed E-state index contributed by atoms with van der Waals surface area (Å²) in [7, 11) is 3.45. The number of aromatic nitrogens is 1. The summed E-state index contributed by atoms with van der Waals surface area (Å²) in [6.45, 7) is 2.01. The van der Waals surface area contributed by atoms with Crippen LogP contribution in [0.25, 0.3) is 0 Å². The third kappa shape index (κ3) is 5.73. The number of benzene rings is 2. The van der Waals surface area contributed by atoms with E-state index in [1.807, 2.05) is 41.0 Å². The molecule has 0 aliphatic heterocycles. The summed E-state index contributed by atoms with van der Waals surface area (Å²) in [5.74, 6) is 0.124. The summed E-state index contributed by atoms with van der Waals surface area (Å²) < 4.78 is 6.62. The molecule has 0 saturated heterocycles. The quantitative estimate of drug-likeness (QED) is 0.416. The third-order valence-electron chi connectivity index (χ3n) is 6.12. The van der Waals surface area contributed by atoms with Gasteiger partial charge in [-0.25, -0.2) is 4.79 Å². The predicted molar refractivity (Wildman–Crippen MR) is 131 cm³/mol. The minimum atomic E-state index is -0.356. The van der Waals surface area contributed by atoms with Gasteiger partial charge in [0, 0.05) is 25.3 Å². The number of methoxy groups -OCH3 is 1. The fourth-order valence-electron chi connectivity index (χ4n) is 4.22. The zero-order valence-corrected chi connectivity index (χ0v) is 19.8. The molecular weight excluding hydrogens is 436 g/mol. The van der Waals surface area contributed by atoms with E-state index in [1.54, 1.807) is 12.1 Å². The number of halogens is 1. The Bertz CT molecular complexity index is 1170. The molecule has 1 saturated carbocycles. The molecule has 3 aromatic rings. The Balaban J connectivity index is 1.58. The molecule has 1 aliphatic rings. The summed E-state index contributed by atoms with van der Waals surface area (Å²) in [4.78, 5) is 27.0. The first-order valence-corrected chi connectivity index (χ1v) is 11.7. The summed E-state index contributed by atoms with van der Waals surface area (Å²) >= 11 is 6.38. The van der Waals surface area contributed by atoms with Gasteiger partial charge in [-0.3, -0.25) is 9.69 Å². The number of hydrogen-bond acceptors (Lipinski definition) is 4. The first kappa shape index (κ1) is 23.3. The lowest BCUT2D eigenvalue weighted by Crippen LogP contribution is -2.30. The van der Waals surface area contributed by atoms with Crippen molar-refractivity contribution in [1.82, 2.24) is 9.47 Å². The van der Waals surface area contributed by atoms with Gasteiger partial charge >= 0.3 is 5.97 Å². The Morgan fingerprint density at radius 3 is 2.39 bits per heavy atom. The largest absolute Gasteiger partial charge is 0.465 e. The molecule has 33 heavy (non-hydrogen) atoms. The Hall–Kier alpha value is -2.89. The van der Waals surface area contributed by atoms with Gasteiger partial charge in [0.1, 0.15) is 5.02 Å². The van der Waals surface area contributed by atoms with E-state index in [0.717, 1.165) is 30.6 Å². The molecule has 0 atom stereocenters. The number of ether oxygens (including phenoxy) is 1. The third-order valence-corrected chi connectivity index (χ3v) is 6.39. The van der Waals surface area contributed by atoms with E-state index in [9.17, 15) is 9.59 Å². The van der Waals surface area contributed by atoms with Crippen LogP contribution in [0.4, 0.5) is 0 Å². The monoisotopic (exact) mass is 464 g/mol. The number of rotatable bonds is 9. The van der Waals surface area contributed by atoms with Crippen LogP contribution in [0, 0.1) is 0 Å². The number of esters is 1. The molecule has 1 fully saturated rings. The maximum absolute atomic E-state index is 13.1. The van der Waals surface area contributed by atoms with Crippen LogP contribution in [-0.2, 0) is 30.8 Å². The van der Waals surface area contributed by atoms with Crippen molar-refractivity contribution in [3.63, 3.8) is 0 Å². The lowest BCUT2D eigenvalue weighted by atomic mass is 10.1. The predicted octanol–water partition coefficient (Wildman–Crippen LogP) is 5.04. The maximum atomic E-state index is 13.1. The topological polar surface area (TPSA) is 51.5 Å². The van der Waals surface area contributed by atoms with E-state index in [0.29, 0.717) is 31.0 Å². The van der Waals surface area contributed by atoms with E-state index in [-0.39, 0.29) is 16.6 Å². The van der Waals surface area contributed by atoms with Gasteiger partial charge in [0.05, 0.1) is 12.7 Å². The van der Waals surface area contributed by atoms with E-state index < -0.39 is 0 Å². The summed E-state index contributed by atoms with van der Waals surface area (Å²) in [6.07, 6.45) is 2.94. The molecule has 0 unspecified atom stereocenters. The Kier molecular flexibility index (Phi) is 7.31. The second-order valence-corrected chi connectivity index (χ2v) is 9.13. The zero-order chi connectivity index (χ0) is 23.4. The smallest absolute Gasteiger partial charge is 0.337 e. The number of carbonyl (C=O) groups is 1. The Morgan fingerprint density at radius 1 is 1.06 bits per heavy atom. The zero-order valence-electron chi connectivity index (χ0n) is 19.1. The molecular formula is C27H29ClN2O3. The van der Waals surface area contributed by atoms with Crippen LogP contribution in [0.5, 0.6) is 0 Å². The number of carbonyl (C=O) groups excluding carboxylic acids is 1. The maximum Gasteiger partial charge on any atom is 0.337 e. The number of aryl methyl sites for hydroxylation is 1. The highest BCUT2D eigenvalue weighted by Crippen LogP contribution is 2.42. The molecule has 0 amide bonds. The van der Waals surface area contributed by atoms with Gasteiger partial charge < -0.3 is 9.30 Å². The van der Waals surface area contributed by atoms with Crippen molar-refractivity contribution in [2.75, 3.05) is 14.2 Å². The highest BCUT2D eigenvalue weighted by molar-refractivity contribution is 6.30. The van der Waals surface area contributed by atoms with Crippen LogP contribution in [-0.4, -0.2) is 29.6 Å². The second-order valence-electron chi connectivity index (χ2n) is 8.72. The molecule has 0 N–H and O–H groups in total. The normalized spacial score (nSPS) is 13.3. The van der Waals surface area contributed by atoms with Gasteiger partial charge in [0.2, 0.25) is 0 Å². The van der Waals surface area contributed by atoms with Crippen molar-refractivity contribution >= 4 is 17.6 Å². The van der Waals surface area contributed by atoms with Gasteiger partial charge in [-0.2, -0.15) is 0 Å². The van der Waals surface area contributed by atoms with Gasteiger partial charge in [-0.15, -0.1) is 0 Å². The van der Waals surface area contributed by atoms with E-state index in [4.69, 9.17) is 16.3 Å². The summed E-state index contributed by atoms with van der Waals surface area (Å²) in [6, 6.07) is 19.5. The van der Waals surface area contributed by atoms with Crippen LogP contribution in [0.2, 0.25) is 5.02 Å². The number of nitrogens with zero attached hydrogens (tertiary/aromatic N) is 2. The van der Waals surface area contributed by atoms with E-state index in [1.165, 1.54) is 18.2 Å². The lowest BCUT2D eigenvalue weighted by molar-refractivity contribution is 0.0600. The molecule has 0 radical (unpaired) electrons. The van der Waals surface area contributed by atoms with Crippen LogP contribution in [0.1, 0.15) is 51.5 Å². The average molecular weight is 465 g/mol. The van der Waals surface area contributed by atoms with Crippen LogP contribution in [0.15, 0.2) is 65.5 Å². The average Bonchev–Trinajstić information content (AvgIpc) is 3.67. The van der Waals surface area contributed by atoms with Gasteiger partial charge in [0.15, 0.2) is 0 Å². The molecule has 172 valence electrons. The molecule has 6 heteroatoms. The Morgan fingerprint density at radius 2 is 1.76 bits per heavy atom. The van der Waals surface area contributed by atoms with Crippen molar-refractivity contribution in [3.8, 4) is 0 Å². The first-order chi connectivity index (χ1) is 16.0. The molecule has 1 heterocycles. The van der Waals surface area contributed by atoms with E-state index >= 15 is 0 Å². The molecule has 1 aromatic heterocycles. The minimum Gasteiger partial charge on any atom is -0.465 e. The van der Waals surface area contributed by atoms with Gasteiger partial charge in [0.25, 0.3) is 5.56 Å². The van der Waals surface area contributed by atoms with Crippen molar-refractivity contribution in [2.24, 2.45) is 0 Å². The van der Waals surface area contributed by atoms with Crippen LogP contribution >= 0.6 is 11.6 Å². The van der Waals surface area contributed by atoms with Crippen molar-refractivity contribution in [2.45, 2.75) is 44.8 Å². The minimum absolute atomic E-state index is 0.143. The fraction of sp³-hybridized carbons (Fsp3) is 0.333. The molecule has 0 spiro atoms. The fourth-order valence-corrected chi connectivity index (χ4v) is 4.44. The van der Waals surface area contributed by atoms with E-state index in [2.05, 4.69) is 24.1 Å². The Labute approximate surface area is 199 Å². The van der Waals surface area contributed by atoms with Gasteiger partial charge in [-0.05, 0) is 67.1 Å². The van der Waals surface area contributed by atoms with Crippen molar-refractivity contribution in [3.05, 3.63) is 104 Å². The van der Waals surface area contributed by atoms with Crippen molar-refractivity contribution in [1.29, 1.82) is 0 Å². The SMILES string of the molecule is COC(=O)c1ccc(CCn2c(CN(C)Cc3ccccc3)c(C3CC3)cc(Cl)c2=O)cc1. The molecule has 2 aromatic carbocycles. The van der Waals surface area contributed by atoms with Gasteiger partial charge in [-0.1, -0.05) is 54.1 Å². The standard InChI is InChI=1S/C27H29ClN2O3/c1-29(17-20-6-4-3-5-7-20)18-25-23(21-12-13-21)16-24(28)26(31)30(25)15-14-19-8-10-22(11-9-19)27(32)33-2/h3-11,16,21H,12-15,17-18H2,1-2H3.